The van der Waals surface area contributed by atoms with E-state index in [1.165, 1.54) is 32.1 Å². The molecule has 17 heavy (non-hydrogen) atoms. The molecule has 0 aromatic carbocycles. The Morgan fingerprint density at radius 2 is 1.94 bits per heavy atom. The van der Waals surface area contributed by atoms with Crippen LogP contribution in [-0.4, -0.2) is 9.90 Å². The first-order valence-corrected chi connectivity index (χ1v) is 7.99. The number of nitrogens with zero attached hydrogens (tertiary/aromatic N) is 1. The number of rotatable bonds is 3. The number of hydrogen-bond acceptors (Lipinski definition) is 1. The molecule has 0 aliphatic heterocycles. The Bertz CT molecular complexity index is 435. The van der Waals surface area contributed by atoms with Crippen LogP contribution in [0.15, 0.2) is 27.6 Å². The highest BCUT2D eigenvalue weighted by atomic mass is 79.9. The Hall–Kier alpha value is -0.0900. The van der Waals surface area contributed by atoms with Crippen LogP contribution in [0.1, 0.15) is 32.1 Å². The summed E-state index contributed by atoms with van der Waals surface area (Å²) in [6.07, 6.45) is 8.25. The molecule has 1 fully saturated rings. The van der Waals surface area contributed by atoms with E-state index in [1.54, 1.807) is 12.1 Å². The molecule has 4 heteroatoms. The maximum atomic E-state index is 11.8. The van der Waals surface area contributed by atoms with Gasteiger partial charge in [-0.2, -0.15) is 0 Å². The van der Waals surface area contributed by atoms with Gasteiger partial charge >= 0.3 is 0 Å². The third kappa shape index (κ3) is 3.22. The lowest BCUT2D eigenvalue weighted by atomic mass is 9.75. The number of halogens is 2. The van der Waals surface area contributed by atoms with Crippen LogP contribution >= 0.6 is 31.9 Å². The molecule has 1 saturated carbocycles. The molecule has 1 aliphatic carbocycles. The smallest absolute Gasteiger partial charge is 0.250 e. The monoisotopic (exact) mass is 361 g/mol. The lowest BCUT2D eigenvalue weighted by Gasteiger charge is -2.36. The second-order valence-electron chi connectivity index (χ2n) is 5.01. The minimum atomic E-state index is 0.0964. The molecule has 94 valence electrons. The summed E-state index contributed by atoms with van der Waals surface area (Å²) in [6.45, 7) is 0.830. The van der Waals surface area contributed by atoms with Crippen molar-refractivity contribution < 1.29 is 0 Å². The number of hydrogen-bond donors (Lipinski definition) is 0. The highest BCUT2D eigenvalue weighted by Crippen LogP contribution is 2.39. The number of aromatic nitrogens is 1. The summed E-state index contributed by atoms with van der Waals surface area (Å²) < 4.78 is 2.81. The molecule has 0 amide bonds. The van der Waals surface area contributed by atoms with E-state index in [-0.39, 0.29) is 11.0 Å². The van der Waals surface area contributed by atoms with E-state index in [0.717, 1.165) is 16.3 Å². The predicted molar refractivity (Wildman–Crippen MR) is 77.7 cm³/mol. The van der Waals surface area contributed by atoms with Crippen LogP contribution in [0.25, 0.3) is 0 Å². The summed E-state index contributed by atoms with van der Waals surface area (Å²) in [6, 6.07) is 3.44. The van der Waals surface area contributed by atoms with E-state index in [0.29, 0.717) is 0 Å². The van der Waals surface area contributed by atoms with Gasteiger partial charge in [-0.3, -0.25) is 4.79 Å². The third-order valence-electron chi connectivity index (χ3n) is 3.65. The van der Waals surface area contributed by atoms with Crippen LogP contribution in [0.2, 0.25) is 0 Å². The summed E-state index contributed by atoms with van der Waals surface area (Å²) in [5, 5.41) is 0.985. The van der Waals surface area contributed by atoms with Crippen molar-refractivity contribution >= 4 is 31.9 Å². The molecule has 0 spiro atoms. The molecular formula is C13H17Br2NO. The summed E-state index contributed by atoms with van der Waals surface area (Å²) >= 11 is 7.07. The molecule has 2 rings (SSSR count). The Morgan fingerprint density at radius 1 is 1.24 bits per heavy atom. The van der Waals surface area contributed by atoms with Gasteiger partial charge in [0, 0.05) is 28.6 Å². The summed E-state index contributed by atoms with van der Waals surface area (Å²) in [5.74, 6) is 0. The number of alkyl halides is 1. The molecule has 1 heterocycles. The zero-order chi connectivity index (χ0) is 12.3. The van der Waals surface area contributed by atoms with Gasteiger partial charge in [0.2, 0.25) is 0 Å². The summed E-state index contributed by atoms with van der Waals surface area (Å²) in [4.78, 5) is 11.8. The molecule has 1 aliphatic rings. The van der Waals surface area contributed by atoms with Crippen LogP contribution in [0.5, 0.6) is 0 Å². The second-order valence-corrected chi connectivity index (χ2v) is 6.48. The maximum absolute atomic E-state index is 11.8. The van der Waals surface area contributed by atoms with Crippen LogP contribution in [0.3, 0.4) is 0 Å². The Balaban J connectivity index is 2.23. The Morgan fingerprint density at radius 3 is 2.59 bits per heavy atom. The molecule has 0 saturated heterocycles. The Kier molecular flexibility index (Phi) is 4.47. The third-order valence-corrected chi connectivity index (χ3v) is 5.31. The fraction of sp³-hybridized carbons (Fsp3) is 0.615. The lowest BCUT2D eigenvalue weighted by Crippen LogP contribution is -2.35. The van der Waals surface area contributed by atoms with Crippen molar-refractivity contribution in [2.75, 3.05) is 5.33 Å². The van der Waals surface area contributed by atoms with Crippen molar-refractivity contribution in [1.29, 1.82) is 0 Å². The van der Waals surface area contributed by atoms with Gasteiger partial charge in [0.15, 0.2) is 0 Å². The van der Waals surface area contributed by atoms with Crippen molar-refractivity contribution in [3.05, 3.63) is 33.2 Å². The zero-order valence-electron chi connectivity index (χ0n) is 9.79. The number of pyridine rings is 1. The van der Waals surface area contributed by atoms with E-state index in [4.69, 9.17) is 0 Å². The van der Waals surface area contributed by atoms with E-state index in [1.807, 2.05) is 10.8 Å². The van der Waals surface area contributed by atoms with Gasteiger partial charge in [-0.05, 0) is 40.3 Å². The van der Waals surface area contributed by atoms with E-state index < -0.39 is 0 Å². The zero-order valence-corrected chi connectivity index (χ0v) is 13.0. The van der Waals surface area contributed by atoms with Gasteiger partial charge in [-0.25, -0.2) is 0 Å². The minimum absolute atomic E-state index is 0.0964. The highest BCUT2D eigenvalue weighted by molar-refractivity contribution is 9.10. The predicted octanol–water partition coefficient (Wildman–Crippen LogP) is 3.96. The summed E-state index contributed by atoms with van der Waals surface area (Å²) in [5.41, 5.74) is 0.363. The van der Waals surface area contributed by atoms with Crippen molar-refractivity contribution in [1.82, 2.24) is 4.57 Å². The largest absolute Gasteiger partial charge is 0.314 e. The van der Waals surface area contributed by atoms with Gasteiger partial charge in [0.1, 0.15) is 0 Å². The van der Waals surface area contributed by atoms with E-state index in [2.05, 4.69) is 31.9 Å². The first kappa shape index (κ1) is 13.3. The normalized spacial score (nSPS) is 19.2. The maximum Gasteiger partial charge on any atom is 0.250 e. The topological polar surface area (TPSA) is 22.0 Å². The molecule has 1 aromatic heterocycles. The van der Waals surface area contributed by atoms with Crippen molar-refractivity contribution in [2.24, 2.45) is 5.41 Å². The lowest BCUT2D eigenvalue weighted by molar-refractivity contribution is 0.189. The quantitative estimate of drug-likeness (QED) is 0.746. The molecule has 0 N–H and O–H groups in total. The molecule has 1 aromatic rings. The Labute approximate surface area is 119 Å². The van der Waals surface area contributed by atoms with Gasteiger partial charge in [-0.1, -0.05) is 35.2 Å². The van der Waals surface area contributed by atoms with Crippen molar-refractivity contribution in [3.63, 3.8) is 0 Å². The van der Waals surface area contributed by atoms with Crippen molar-refractivity contribution in [3.8, 4) is 0 Å². The van der Waals surface area contributed by atoms with E-state index in [9.17, 15) is 4.79 Å². The fourth-order valence-corrected chi connectivity index (χ4v) is 3.74. The van der Waals surface area contributed by atoms with Gasteiger partial charge in [0.05, 0.1) is 0 Å². The van der Waals surface area contributed by atoms with Gasteiger partial charge in [-0.15, -0.1) is 0 Å². The first-order chi connectivity index (χ1) is 8.15. The van der Waals surface area contributed by atoms with Gasteiger partial charge < -0.3 is 4.57 Å². The fourth-order valence-electron chi connectivity index (χ4n) is 2.62. The second kappa shape index (κ2) is 5.70. The molecule has 2 nitrogen and oxygen atoms in total. The molecule has 0 atom stereocenters. The SMILES string of the molecule is O=c1ccc(Br)cn1CC1(CBr)CCCCC1. The standard InChI is InChI=1S/C13H17Br2NO/c14-9-13(6-2-1-3-7-13)10-16-8-11(15)4-5-12(16)17/h4-5,8H,1-3,6-7,9-10H2. The van der Waals surface area contributed by atoms with Crippen LogP contribution < -0.4 is 5.56 Å². The van der Waals surface area contributed by atoms with Crippen LogP contribution in [0, 0.1) is 5.41 Å². The molecule has 0 bridgehead atoms. The average molecular weight is 363 g/mol. The molecule has 0 unspecified atom stereocenters. The van der Waals surface area contributed by atoms with Crippen LogP contribution in [-0.2, 0) is 6.54 Å². The van der Waals surface area contributed by atoms with E-state index >= 15 is 0 Å². The van der Waals surface area contributed by atoms with Crippen molar-refractivity contribution in [2.45, 2.75) is 38.6 Å². The van der Waals surface area contributed by atoms with Crippen LogP contribution in [0.4, 0.5) is 0 Å². The van der Waals surface area contributed by atoms with Gasteiger partial charge in [0.25, 0.3) is 5.56 Å². The first-order valence-electron chi connectivity index (χ1n) is 6.07. The molecule has 0 radical (unpaired) electrons. The average Bonchev–Trinajstić information content (AvgIpc) is 2.35. The summed E-state index contributed by atoms with van der Waals surface area (Å²) in [7, 11) is 0. The molecular weight excluding hydrogens is 346 g/mol. The highest BCUT2D eigenvalue weighted by Gasteiger charge is 2.31. The minimum Gasteiger partial charge on any atom is -0.314 e.